The summed E-state index contributed by atoms with van der Waals surface area (Å²) in [7, 11) is 0. The lowest BCUT2D eigenvalue weighted by atomic mass is 9.74. The van der Waals surface area contributed by atoms with E-state index in [1.807, 2.05) is 32.0 Å². The van der Waals surface area contributed by atoms with Gasteiger partial charge in [0.15, 0.2) is 0 Å². The number of rotatable bonds is 2. The zero-order valence-corrected chi connectivity index (χ0v) is 12.3. The third kappa shape index (κ3) is 2.56. The summed E-state index contributed by atoms with van der Waals surface area (Å²) in [6, 6.07) is 14.4. The summed E-state index contributed by atoms with van der Waals surface area (Å²) in [6.07, 6.45) is 0.382. The van der Waals surface area contributed by atoms with Crippen molar-refractivity contribution >= 4 is 22.6 Å². The van der Waals surface area contributed by atoms with E-state index in [2.05, 4.69) is 29.6 Å². The van der Waals surface area contributed by atoms with Crippen LogP contribution in [0.5, 0.6) is 0 Å². The van der Waals surface area contributed by atoms with Gasteiger partial charge in [0.2, 0.25) is 11.8 Å². The van der Waals surface area contributed by atoms with Gasteiger partial charge in [-0.3, -0.25) is 14.9 Å². The molecule has 3 nitrogen and oxygen atoms in total. The number of amides is 2. The van der Waals surface area contributed by atoms with E-state index < -0.39 is 0 Å². The fraction of sp³-hybridized carbons (Fsp3) is 0.333. The molecular weight excluding hydrogens is 262 g/mol. The van der Waals surface area contributed by atoms with Crippen LogP contribution in [0.4, 0.5) is 0 Å². The van der Waals surface area contributed by atoms with E-state index >= 15 is 0 Å². The Morgan fingerprint density at radius 2 is 1.76 bits per heavy atom. The maximum atomic E-state index is 12.2. The highest BCUT2D eigenvalue weighted by Crippen LogP contribution is 2.36. The van der Waals surface area contributed by atoms with E-state index in [1.165, 1.54) is 5.39 Å². The molecule has 0 spiro atoms. The Bertz CT molecular complexity index is 705. The first kappa shape index (κ1) is 13.8. The lowest BCUT2D eigenvalue weighted by Gasteiger charge is -2.33. The average Bonchev–Trinajstić information content (AvgIpc) is 2.45. The number of benzene rings is 2. The second-order valence-electron chi connectivity index (χ2n) is 6.10. The van der Waals surface area contributed by atoms with Gasteiger partial charge in [0, 0.05) is 18.3 Å². The minimum atomic E-state index is -0.171. The molecule has 0 aliphatic carbocycles. The number of imide groups is 1. The van der Waals surface area contributed by atoms with E-state index in [4.69, 9.17) is 0 Å². The summed E-state index contributed by atoms with van der Waals surface area (Å²) < 4.78 is 0. The molecule has 1 saturated heterocycles. The predicted molar refractivity (Wildman–Crippen MR) is 82.8 cm³/mol. The van der Waals surface area contributed by atoms with Crippen LogP contribution in [-0.2, 0) is 9.59 Å². The van der Waals surface area contributed by atoms with Crippen molar-refractivity contribution in [2.24, 2.45) is 11.8 Å². The summed E-state index contributed by atoms with van der Waals surface area (Å²) in [5, 5.41) is 4.79. The van der Waals surface area contributed by atoms with Crippen LogP contribution in [0.25, 0.3) is 10.8 Å². The largest absolute Gasteiger partial charge is 0.296 e. The molecule has 2 atom stereocenters. The van der Waals surface area contributed by atoms with Crippen molar-refractivity contribution in [1.29, 1.82) is 0 Å². The predicted octanol–water partition coefficient (Wildman–Crippen LogP) is 3.24. The Labute approximate surface area is 124 Å². The monoisotopic (exact) mass is 281 g/mol. The van der Waals surface area contributed by atoms with Gasteiger partial charge in [-0.15, -0.1) is 0 Å². The maximum Gasteiger partial charge on any atom is 0.230 e. The normalized spacial score (nSPS) is 22.6. The molecule has 3 heteroatoms. The number of fused-ring (bicyclic) bond motifs is 1. The zero-order valence-electron chi connectivity index (χ0n) is 12.3. The van der Waals surface area contributed by atoms with Crippen LogP contribution in [0.2, 0.25) is 0 Å². The Morgan fingerprint density at radius 3 is 2.48 bits per heavy atom. The van der Waals surface area contributed by atoms with Crippen molar-refractivity contribution in [1.82, 2.24) is 5.32 Å². The van der Waals surface area contributed by atoms with Gasteiger partial charge in [-0.25, -0.2) is 0 Å². The molecule has 2 unspecified atom stereocenters. The molecule has 1 fully saturated rings. The standard InChI is InChI=1S/C18H19NO2/c1-11(2)17-15(10-16(20)19-18(17)21)14-8-7-12-5-3-4-6-13(12)9-14/h3-9,11,15,17H,10H2,1-2H3,(H,19,20,21). The number of carbonyl (C=O) groups excluding carboxylic acids is 2. The molecule has 1 aliphatic rings. The van der Waals surface area contributed by atoms with Crippen LogP contribution in [-0.4, -0.2) is 11.8 Å². The highest BCUT2D eigenvalue weighted by molar-refractivity contribution is 6.00. The van der Waals surface area contributed by atoms with E-state index in [1.54, 1.807) is 0 Å². The molecule has 2 aromatic carbocycles. The fourth-order valence-corrected chi connectivity index (χ4v) is 3.31. The van der Waals surface area contributed by atoms with E-state index in [0.29, 0.717) is 6.42 Å². The quantitative estimate of drug-likeness (QED) is 0.859. The van der Waals surface area contributed by atoms with Crippen LogP contribution >= 0.6 is 0 Å². The number of hydrogen-bond acceptors (Lipinski definition) is 2. The average molecular weight is 281 g/mol. The highest BCUT2D eigenvalue weighted by Gasteiger charge is 2.38. The molecule has 108 valence electrons. The molecule has 0 bridgehead atoms. The second-order valence-corrected chi connectivity index (χ2v) is 6.10. The molecule has 1 aliphatic heterocycles. The van der Waals surface area contributed by atoms with E-state index in [-0.39, 0.29) is 29.6 Å². The van der Waals surface area contributed by atoms with Gasteiger partial charge in [-0.2, -0.15) is 0 Å². The van der Waals surface area contributed by atoms with Gasteiger partial charge >= 0.3 is 0 Å². The van der Waals surface area contributed by atoms with Crippen molar-refractivity contribution in [3.63, 3.8) is 0 Å². The Hall–Kier alpha value is -2.16. The van der Waals surface area contributed by atoms with E-state index in [0.717, 1.165) is 10.9 Å². The molecule has 1 N–H and O–H groups in total. The first-order valence-electron chi connectivity index (χ1n) is 7.38. The summed E-state index contributed by atoms with van der Waals surface area (Å²) in [4.78, 5) is 23.9. The van der Waals surface area contributed by atoms with Crippen LogP contribution < -0.4 is 5.32 Å². The Balaban J connectivity index is 2.05. The van der Waals surface area contributed by atoms with Gasteiger partial charge < -0.3 is 0 Å². The molecule has 21 heavy (non-hydrogen) atoms. The highest BCUT2D eigenvalue weighted by atomic mass is 16.2. The molecule has 2 aromatic rings. The van der Waals surface area contributed by atoms with Gasteiger partial charge in [0.25, 0.3) is 0 Å². The van der Waals surface area contributed by atoms with Crippen molar-refractivity contribution < 1.29 is 9.59 Å². The number of hydrogen-bond donors (Lipinski definition) is 1. The number of nitrogens with one attached hydrogen (secondary N) is 1. The minimum Gasteiger partial charge on any atom is -0.296 e. The van der Waals surface area contributed by atoms with Gasteiger partial charge in [-0.05, 0) is 22.3 Å². The third-order valence-corrected chi connectivity index (χ3v) is 4.32. The summed E-state index contributed by atoms with van der Waals surface area (Å²) in [5.41, 5.74) is 1.08. The Kier molecular flexibility index (Phi) is 3.50. The molecule has 1 heterocycles. The molecule has 2 amide bonds. The third-order valence-electron chi connectivity index (χ3n) is 4.32. The van der Waals surface area contributed by atoms with Gasteiger partial charge in [0.05, 0.1) is 0 Å². The van der Waals surface area contributed by atoms with Crippen LogP contribution in [0.15, 0.2) is 42.5 Å². The maximum absolute atomic E-state index is 12.2. The van der Waals surface area contributed by atoms with Crippen molar-refractivity contribution in [3.05, 3.63) is 48.0 Å². The first-order chi connectivity index (χ1) is 10.1. The number of piperidine rings is 1. The molecule has 0 aromatic heterocycles. The molecule has 0 saturated carbocycles. The topological polar surface area (TPSA) is 46.2 Å². The second kappa shape index (κ2) is 5.32. The lowest BCUT2D eigenvalue weighted by molar-refractivity contribution is -0.138. The summed E-state index contributed by atoms with van der Waals surface area (Å²) in [5.74, 6) is -0.288. The van der Waals surface area contributed by atoms with Crippen molar-refractivity contribution in [2.45, 2.75) is 26.2 Å². The zero-order chi connectivity index (χ0) is 15.0. The van der Waals surface area contributed by atoms with Crippen molar-refractivity contribution in [3.8, 4) is 0 Å². The minimum absolute atomic E-state index is 0.0316. The van der Waals surface area contributed by atoms with Crippen LogP contribution in [0, 0.1) is 11.8 Å². The summed E-state index contributed by atoms with van der Waals surface area (Å²) in [6.45, 7) is 4.07. The van der Waals surface area contributed by atoms with Crippen LogP contribution in [0.1, 0.15) is 31.7 Å². The van der Waals surface area contributed by atoms with Gasteiger partial charge in [-0.1, -0.05) is 56.3 Å². The molecule has 3 rings (SSSR count). The molecular formula is C18H19NO2. The Morgan fingerprint density at radius 1 is 1.05 bits per heavy atom. The fourth-order valence-electron chi connectivity index (χ4n) is 3.31. The summed E-state index contributed by atoms with van der Waals surface area (Å²) >= 11 is 0. The van der Waals surface area contributed by atoms with E-state index in [9.17, 15) is 9.59 Å². The SMILES string of the molecule is CC(C)C1C(=O)NC(=O)CC1c1ccc2ccccc2c1. The van der Waals surface area contributed by atoms with Crippen molar-refractivity contribution in [2.75, 3.05) is 0 Å². The number of carbonyl (C=O) groups is 2. The smallest absolute Gasteiger partial charge is 0.230 e. The molecule has 0 radical (unpaired) electrons. The lowest BCUT2D eigenvalue weighted by Crippen LogP contribution is -2.46. The van der Waals surface area contributed by atoms with Gasteiger partial charge in [0.1, 0.15) is 0 Å². The first-order valence-corrected chi connectivity index (χ1v) is 7.38. The van der Waals surface area contributed by atoms with Crippen LogP contribution in [0.3, 0.4) is 0 Å².